The summed E-state index contributed by atoms with van der Waals surface area (Å²) < 4.78 is 6.51. The normalized spacial score (nSPS) is 18.7. The molecule has 0 radical (unpaired) electrons. The zero-order valence-electron chi connectivity index (χ0n) is 13.1. The summed E-state index contributed by atoms with van der Waals surface area (Å²) in [5, 5.41) is 7.52. The lowest BCUT2D eigenvalue weighted by Crippen LogP contribution is -2.44. The number of hydrogen-bond acceptors (Lipinski definition) is 6. The summed E-state index contributed by atoms with van der Waals surface area (Å²) in [7, 11) is 2.10. The zero-order valence-corrected chi connectivity index (χ0v) is 16.3. The summed E-state index contributed by atoms with van der Waals surface area (Å²) in [6.45, 7) is 4.99. The van der Waals surface area contributed by atoms with E-state index in [1.807, 2.05) is 0 Å². The number of halogens is 2. The summed E-state index contributed by atoms with van der Waals surface area (Å²) in [4.78, 5) is 8.05. The van der Waals surface area contributed by atoms with E-state index in [4.69, 9.17) is 4.52 Å². The van der Waals surface area contributed by atoms with Gasteiger partial charge in [-0.25, -0.2) is 0 Å². The van der Waals surface area contributed by atoms with Gasteiger partial charge in [0.2, 0.25) is 5.89 Å². The summed E-state index contributed by atoms with van der Waals surface area (Å²) in [6, 6.07) is 6.48. The lowest BCUT2D eigenvalue weighted by molar-refractivity contribution is 0.190. The molecule has 2 aromatic rings. The van der Waals surface area contributed by atoms with Crippen molar-refractivity contribution in [1.82, 2.24) is 20.4 Å². The molecule has 1 atom stereocenters. The van der Waals surface area contributed by atoms with Gasteiger partial charge >= 0.3 is 0 Å². The second-order valence-corrected chi connectivity index (χ2v) is 7.38. The van der Waals surface area contributed by atoms with Gasteiger partial charge in [-0.2, -0.15) is 4.98 Å². The number of likely N-dealkylation sites (N-methyl/N-ethyl adjacent to an activating group) is 1. The van der Waals surface area contributed by atoms with Gasteiger partial charge in [0.05, 0.1) is 11.8 Å². The maximum absolute atomic E-state index is 5.41. The van der Waals surface area contributed by atoms with E-state index < -0.39 is 0 Å². The molecule has 0 amide bonds. The third-order valence-corrected chi connectivity index (χ3v) is 5.43. The molecule has 8 heteroatoms. The number of nitrogens with zero attached hydrogens (tertiary/aromatic N) is 3. The number of aryl methyl sites for hydroxylation is 1. The Balaban J connectivity index is 0.00000192. The van der Waals surface area contributed by atoms with Gasteiger partial charge in [-0.1, -0.05) is 21.1 Å². The van der Waals surface area contributed by atoms with Crippen LogP contribution >= 0.6 is 40.1 Å². The molecule has 1 fully saturated rings. The number of thioether (sulfide) groups is 1. The van der Waals surface area contributed by atoms with Gasteiger partial charge < -0.3 is 9.84 Å². The van der Waals surface area contributed by atoms with Crippen LogP contribution in [0.3, 0.4) is 0 Å². The Morgan fingerprint density at radius 2 is 2.30 bits per heavy atom. The molecule has 1 aromatic carbocycles. The molecule has 0 bridgehead atoms. The lowest BCUT2D eigenvalue weighted by Gasteiger charge is -2.30. The highest BCUT2D eigenvalue weighted by Gasteiger charge is 2.25. The zero-order chi connectivity index (χ0) is 15.5. The maximum Gasteiger partial charge on any atom is 0.237 e. The topological polar surface area (TPSA) is 54.2 Å². The standard InChI is InChI=1S/C15H19BrN4OS.ClH/c1-10-7-11(16)3-4-13(10)22-9-14-18-15(19-21-14)12-8-17-5-6-20(12)2;/h3-4,7,12,17H,5-6,8-9H2,1-2H3;1H. The largest absolute Gasteiger partial charge is 0.338 e. The highest BCUT2D eigenvalue weighted by molar-refractivity contribution is 9.10. The molecular formula is C15H20BrClN4OS. The molecule has 1 aliphatic heterocycles. The van der Waals surface area contributed by atoms with E-state index in [9.17, 15) is 0 Å². The Morgan fingerprint density at radius 1 is 1.48 bits per heavy atom. The average Bonchev–Trinajstić information content (AvgIpc) is 2.95. The van der Waals surface area contributed by atoms with Crippen LogP contribution in [0.5, 0.6) is 0 Å². The van der Waals surface area contributed by atoms with Crippen LogP contribution in [0.25, 0.3) is 0 Å². The molecule has 5 nitrogen and oxygen atoms in total. The van der Waals surface area contributed by atoms with Gasteiger partial charge in [0.25, 0.3) is 0 Å². The van der Waals surface area contributed by atoms with Gasteiger partial charge in [0.15, 0.2) is 5.82 Å². The molecule has 23 heavy (non-hydrogen) atoms. The fourth-order valence-electron chi connectivity index (χ4n) is 2.47. The minimum Gasteiger partial charge on any atom is -0.338 e. The molecule has 1 aliphatic rings. The fourth-order valence-corrected chi connectivity index (χ4v) is 3.79. The Morgan fingerprint density at radius 3 is 3.04 bits per heavy atom. The van der Waals surface area contributed by atoms with Crippen LogP contribution < -0.4 is 5.32 Å². The fraction of sp³-hybridized carbons (Fsp3) is 0.467. The Labute approximate surface area is 155 Å². The van der Waals surface area contributed by atoms with Crippen LogP contribution in [0.15, 0.2) is 32.1 Å². The predicted octanol–water partition coefficient (Wildman–Crippen LogP) is 3.43. The monoisotopic (exact) mass is 418 g/mol. The Kier molecular flexibility index (Phi) is 6.91. The molecule has 0 spiro atoms. The van der Waals surface area contributed by atoms with E-state index in [1.54, 1.807) is 11.8 Å². The van der Waals surface area contributed by atoms with Crippen LogP contribution in [-0.2, 0) is 5.75 Å². The van der Waals surface area contributed by atoms with Crippen molar-refractivity contribution < 1.29 is 4.52 Å². The summed E-state index contributed by atoms with van der Waals surface area (Å²) >= 11 is 5.21. The predicted molar refractivity (Wildman–Crippen MR) is 98.2 cm³/mol. The summed E-state index contributed by atoms with van der Waals surface area (Å²) in [6.07, 6.45) is 0. The second kappa shape index (κ2) is 8.48. The van der Waals surface area contributed by atoms with E-state index in [2.05, 4.69) is 68.5 Å². The average molecular weight is 420 g/mol. The first-order valence-electron chi connectivity index (χ1n) is 7.26. The quantitative estimate of drug-likeness (QED) is 0.766. The van der Waals surface area contributed by atoms with E-state index in [0.717, 1.165) is 29.9 Å². The van der Waals surface area contributed by atoms with E-state index in [-0.39, 0.29) is 18.4 Å². The number of benzene rings is 1. The number of nitrogens with one attached hydrogen (secondary N) is 1. The van der Waals surface area contributed by atoms with Gasteiger partial charge in [-0.3, -0.25) is 4.90 Å². The van der Waals surface area contributed by atoms with Gasteiger partial charge in [0, 0.05) is 29.0 Å². The molecule has 3 rings (SSSR count). The maximum atomic E-state index is 5.41. The molecule has 1 N–H and O–H groups in total. The van der Waals surface area contributed by atoms with E-state index in [0.29, 0.717) is 11.6 Å². The van der Waals surface area contributed by atoms with Crippen molar-refractivity contribution >= 4 is 40.1 Å². The molecule has 2 heterocycles. The first kappa shape index (κ1) is 18.7. The van der Waals surface area contributed by atoms with Crippen molar-refractivity contribution in [1.29, 1.82) is 0 Å². The van der Waals surface area contributed by atoms with Crippen molar-refractivity contribution in [2.45, 2.75) is 23.6 Å². The van der Waals surface area contributed by atoms with Crippen molar-refractivity contribution in [3.05, 3.63) is 40.0 Å². The van der Waals surface area contributed by atoms with Crippen molar-refractivity contribution in [2.24, 2.45) is 0 Å². The van der Waals surface area contributed by atoms with Crippen molar-refractivity contribution in [3.8, 4) is 0 Å². The van der Waals surface area contributed by atoms with Gasteiger partial charge in [-0.05, 0) is 37.7 Å². The van der Waals surface area contributed by atoms with Crippen molar-refractivity contribution in [3.63, 3.8) is 0 Å². The van der Waals surface area contributed by atoms with Crippen molar-refractivity contribution in [2.75, 3.05) is 26.7 Å². The molecule has 126 valence electrons. The highest BCUT2D eigenvalue weighted by Crippen LogP contribution is 2.28. The number of piperazine rings is 1. The Hall–Kier alpha value is -0.600. The third kappa shape index (κ3) is 4.70. The van der Waals surface area contributed by atoms with Crippen LogP contribution in [0.2, 0.25) is 0 Å². The number of aromatic nitrogens is 2. The molecule has 1 aromatic heterocycles. The number of hydrogen-bond donors (Lipinski definition) is 1. The minimum atomic E-state index is 0. The summed E-state index contributed by atoms with van der Waals surface area (Å²) in [5.41, 5.74) is 1.25. The first-order valence-corrected chi connectivity index (χ1v) is 9.04. The van der Waals surface area contributed by atoms with E-state index in [1.165, 1.54) is 10.5 Å². The Bertz CT molecular complexity index is 654. The van der Waals surface area contributed by atoms with Crippen LogP contribution in [0, 0.1) is 6.92 Å². The van der Waals surface area contributed by atoms with Crippen LogP contribution in [-0.4, -0.2) is 41.7 Å². The second-order valence-electron chi connectivity index (χ2n) is 5.45. The molecule has 1 unspecified atom stereocenters. The SMILES string of the molecule is Cc1cc(Br)ccc1SCc1nc(C2CNCCN2C)no1.Cl. The van der Waals surface area contributed by atoms with Crippen LogP contribution in [0.1, 0.15) is 23.3 Å². The van der Waals surface area contributed by atoms with E-state index >= 15 is 0 Å². The first-order chi connectivity index (χ1) is 10.6. The smallest absolute Gasteiger partial charge is 0.237 e. The summed E-state index contributed by atoms with van der Waals surface area (Å²) in [5.74, 6) is 2.15. The molecular weight excluding hydrogens is 400 g/mol. The molecule has 0 saturated carbocycles. The van der Waals surface area contributed by atoms with Gasteiger partial charge in [-0.15, -0.1) is 24.2 Å². The number of rotatable bonds is 4. The minimum absolute atomic E-state index is 0. The molecule has 0 aliphatic carbocycles. The van der Waals surface area contributed by atoms with Crippen LogP contribution in [0.4, 0.5) is 0 Å². The lowest BCUT2D eigenvalue weighted by atomic mass is 10.2. The molecule has 1 saturated heterocycles. The highest BCUT2D eigenvalue weighted by atomic mass is 79.9. The van der Waals surface area contributed by atoms with Gasteiger partial charge in [0.1, 0.15) is 0 Å². The third-order valence-electron chi connectivity index (χ3n) is 3.78.